The average molecular weight is 175 g/mol. The van der Waals surface area contributed by atoms with Crippen LogP contribution >= 0.6 is 0 Å². The molecule has 0 fully saturated rings. The smallest absolute Gasteiger partial charge is 0.306 e. The van der Waals surface area contributed by atoms with Gasteiger partial charge in [0.1, 0.15) is 0 Å². The predicted molar refractivity (Wildman–Crippen MR) is 45.7 cm³/mol. The van der Waals surface area contributed by atoms with Gasteiger partial charge in [0.2, 0.25) is 0 Å². The second-order valence-electron chi connectivity index (χ2n) is 3.20. The average Bonchev–Trinajstić information content (AvgIpc) is 2.05. The van der Waals surface area contributed by atoms with Gasteiger partial charge in [0, 0.05) is 19.1 Å². The molecular formula is C8H17NO3. The molecule has 0 bridgehead atoms. The van der Waals surface area contributed by atoms with Gasteiger partial charge in [-0.05, 0) is 0 Å². The van der Waals surface area contributed by atoms with Gasteiger partial charge < -0.3 is 15.2 Å². The molecule has 4 nitrogen and oxygen atoms in total. The lowest BCUT2D eigenvalue weighted by atomic mass is 9.88. The first-order chi connectivity index (χ1) is 5.58. The first kappa shape index (κ1) is 11.4. The summed E-state index contributed by atoms with van der Waals surface area (Å²) in [6, 6.07) is 0. The van der Waals surface area contributed by atoms with Crippen LogP contribution in [0.2, 0.25) is 0 Å². The summed E-state index contributed by atoms with van der Waals surface area (Å²) in [7, 11) is 2.96. The van der Waals surface area contributed by atoms with E-state index in [2.05, 4.69) is 4.74 Å². The molecule has 0 aromatic heterocycles. The number of nitrogens with two attached hydrogens (primary N) is 1. The summed E-state index contributed by atoms with van der Waals surface area (Å²) >= 11 is 0. The van der Waals surface area contributed by atoms with Gasteiger partial charge in [0.25, 0.3) is 0 Å². The van der Waals surface area contributed by atoms with Crippen molar-refractivity contribution in [2.24, 2.45) is 11.1 Å². The van der Waals surface area contributed by atoms with Crippen LogP contribution in [0.25, 0.3) is 0 Å². The van der Waals surface area contributed by atoms with E-state index < -0.39 is 0 Å². The van der Waals surface area contributed by atoms with Crippen LogP contribution in [-0.2, 0) is 14.3 Å². The SMILES string of the molecule is COCC(C)(CN)CC(=O)OC. The van der Waals surface area contributed by atoms with E-state index in [-0.39, 0.29) is 11.4 Å². The largest absolute Gasteiger partial charge is 0.469 e. The molecule has 72 valence electrons. The maximum absolute atomic E-state index is 10.9. The van der Waals surface area contributed by atoms with Crippen LogP contribution in [0.1, 0.15) is 13.3 Å². The highest BCUT2D eigenvalue weighted by Gasteiger charge is 2.26. The van der Waals surface area contributed by atoms with Crippen molar-refractivity contribution in [3.05, 3.63) is 0 Å². The number of methoxy groups -OCH3 is 2. The Kier molecular flexibility index (Phi) is 4.85. The maximum atomic E-state index is 10.9. The lowest BCUT2D eigenvalue weighted by molar-refractivity contribution is -0.143. The first-order valence-electron chi connectivity index (χ1n) is 3.84. The molecular weight excluding hydrogens is 158 g/mol. The molecule has 0 spiro atoms. The normalized spacial score (nSPS) is 15.3. The zero-order valence-corrected chi connectivity index (χ0v) is 7.92. The highest BCUT2D eigenvalue weighted by atomic mass is 16.5. The topological polar surface area (TPSA) is 61.5 Å². The van der Waals surface area contributed by atoms with E-state index in [4.69, 9.17) is 10.5 Å². The van der Waals surface area contributed by atoms with Crippen molar-refractivity contribution in [3.63, 3.8) is 0 Å². The Morgan fingerprint density at radius 1 is 1.50 bits per heavy atom. The molecule has 0 amide bonds. The molecule has 2 N–H and O–H groups in total. The summed E-state index contributed by atoms with van der Waals surface area (Å²) in [6.45, 7) is 2.78. The molecule has 1 atom stereocenters. The number of hydrogen-bond donors (Lipinski definition) is 1. The van der Waals surface area contributed by atoms with Crippen LogP contribution in [0.5, 0.6) is 0 Å². The van der Waals surface area contributed by atoms with Gasteiger partial charge in [-0.1, -0.05) is 6.92 Å². The fourth-order valence-corrected chi connectivity index (χ4v) is 0.951. The van der Waals surface area contributed by atoms with Crippen LogP contribution in [-0.4, -0.2) is 33.3 Å². The summed E-state index contributed by atoms with van der Waals surface area (Å²) in [5.74, 6) is -0.250. The zero-order chi connectivity index (χ0) is 9.61. The van der Waals surface area contributed by atoms with E-state index in [1.165, 1.54) is 7.11 Å². The van der Waals surface area contributed by atoms with Gasteiger partial charge in [-0.2, -0.15) is 0 Å². The molecule has 12 heavy (non-hydrogen) atoms. The molecule has 0 aliphatic carbocycles. The third kappa shape index (κ3) is 3.69. The van der Waals surface area contributed by atoms with Crippen molar-refractivity contribution in [2.75, 3.05) is 27.4 Å². The minimum atomic E-state index is -0.304. The Morgan fingerprint density at radius 3 is 2.42 bits per heavy atom. The molecule has 1 unspecified atom stereocenters. The van der Waals surface area contributed by atoms with Gasteiger partial charge >= 0.3 is 5.97 Å². The van der Waals surface area contributed by atoms with Crippen molar-refractivity contribution in [1.82, 2.24) is 0 Å². The highest BCUT2D eigenvalue weighted by Crippen LogP contribution is 2.20. The Morgan fingerprint density at radius 2 is 2.08 bits per heavy atom. The van der Waals surface area contributed by atoms with Crippen LogP contribution in [0, 0.1) is 5.41 Å². The fourth-order valence-electron chi connectivity index (χ4n) is 0.951. The summed E-state index contributed by atoms with van der Waals surface area (Å²) in [5, 5.41) is 0. The van der Waals surface area contributed by atoms with Crippen molar-refractivity contribution < 1.29 is 14.3 Å². The number of ether oxygens (including phenoxy) is 2. The number of carbonyl (C=O) groups is 1. The lowest BCUT2D eigenvalue weighted by Crippen LogP contribution is -2.34. The lowest BCUT2D eigenvalue weighted by Gasteiger charge is -2.25. The van der Waals surface area contributed by atoms with Gasteiger partial charge in [0.15, 0.2) is 0 Å². The molecule has 4 heteroatoms. The Labute approximate surface area is 73.0 Å². The summed E-state index contributed by atoms with van der Waals surface area (Å²) in [6.07, 6.45) is 0.299. The molecule has 0 aliphatic heterocycles. The summed E-state index contributed by atoms with van der Waals surface area (Å²) in [4.78, 5) is 10.9. The van der Waals surface area contributed by atoms with E-state index >= 15 is 0 Å². The van der Waals surface area contributed by atoms with Crippen molar-refractivity contribution in [2.45, 2.75) is 13.3 Å². The van der Waals surface area contributed by atoms with Gasteiger partial charge in [-0.25, -0.2) is 0 Å². The Balaban J connectivity index is 4.03. The second kappa shape index (κ2) is 5.11. The van der Waals surface area contributed by atoms with Crippen molar-refractivity contribution in [1.29, 1.82) is 0 Å². The molecule has 0 rings (SSSR count). The van der Waals surface area contributed by atoms with E-state index in [1.807, 2.05) is 6.92 Å². The monoisotopic (exact) mass is 175 g/mol. The quantitative estimate of drug-likeness (QED) is 0.605. The van der Waals surface area contributed by atoms with Gasteiger partial charge in [-0.15, -0.1) is 0 Å². The van der Waals surface area contributed by atoms with Gasteiger partial charge in [0.05, 0.1) is 20.1 Å². The number of carbonyl (C=O) groups excluding carboxylic acids is 1. The standard InChI is InChI=1S/C8H17NO3/c1-8(5-9,6-11-2)4-7(10)12-3/h4-6,9H2,1-3H3. The van der Waals surface area contributed by atoms with E-state index in [0.717, 1.165) is 0 Å². The number of hydrogen-bond acceptors (Lipinski definition) is 4. The predicted octanol–water partition coefficient (Wildman–Crippen LogP) is 0.161. The maximum Gasteiger partial charge on any atom is 0.306 e. The Bertz CT molecular complexity index is 149. The summed E-state index contributed by atoms with van der Waals surface area (Å²) in [5.41, 5.74) is 5.20. The molecule has 0 aromatic rings. The minimum Gasteiger partial charge on any atom is -0.469 e. The minimum absolute atomic E-state index is 0.250. The van der Waals surface area contributed by atoms with Crippen LogP contribution in [0.4, 0.5) is 0 Å². The number of rotatable bonds is 5. The number of esters is 1. The fraction of sp³-hybridized carbons (Fsp3) is 0.875. The molecule has 0 saturated carbocycles. The van der Waals surface area contributed by atoms with Crippen LogP contribution in [0.15, 0.2) is 0 Å². The van der Waals surface area contributed by atoms with Crippen molar-refractivity contribution >= 4 is 5.97 Å². The highest BCUT2D eigenvalue weighted by molar-refractivity contribution is 5.70. The van der Waals surface area contributed by atoms with E-state index in [9.17, 15) is 4.79 Å². The molecule has 0 aromatic carbocycles. The molecule has 0 saturated heterocycles. The van der Waals surface area contributed by atoms with Crippen LogP contribution in [0.3, 0.4) is 0 Å². The molecule has 0 aliphatic rings. The first-order valence-corrected chi connectivity index (χ1v) is 3.84. The van der Waals surface area contributed by atoms with Crippen molar-refractivity contribution in [3.8, 4) is 0 Å². The Hall–Kier alpha value is -0.610. The third-order valence-electron chi connectivity index (χ3n) is 1.78. The second-order valence-corrected chi connectivity index (χ2v) is 3.20. The molecule has 0 radical (unpaired) electrons. The van der Waals surface area contributed by atoms with Crippen LogP contribution < -0.4 is 5.73 Å². The van der Waals surface area contributed by atoms with E-state index in [0.29, 0.717) is 19.6 Å². The molecule has 0 heterocycles. The zero-order valence-electron chi connectivity index (χ0n) is 7.92. The van der Waals surface area contributed by atoms with E-state index in [1.54, 1.807) is 7.11 Å². The third-order valence-corrected chi connectivity index (χ3v) is 1.78. The summed E-state index contributed by atoms with van der Waals surface area (Å²) < 4.78 is 9.50. The van der Waals surface area contributed by atoms with Gasteiger partial charge in [-0.3, -0.25) is 4.79 Å².